The van der Waals surface area contributed by atoms with Crippen molar-refractivity contribution < 1.29 is 0 Å². The van der Waals surface area contributed by atoms with Crippen LogP contribution in [0.3, 0.4) is 0 Å². The number of aromatic nitrogens is 1. The van der Waals surface area contributed by atoms with Gasteiger partial charge in [0.2, 0.25) is 0 Å². The van der Waals surface area contributed by atoms with Crippen molar-refractivity contribution in [2.24, 2.45) is 0 Å². The Morgan fingerprint density at radius 3 is 2.77 bits per heavy atom. The van der Waals surface area contributed by atoms with Gasteiger partial charge in [0, 0.05) is 23.7 Å². The third-order valence-corrected chi connectivity index (χ3v) is 4.04. The molecule has 72 valence electrons. The topological polar surface area (TPSA) is 4.93 Å². The molecular weight excluding hydrogens is 178 g/mol. The van der Waals surface area contributed by atoms with E-state index in [0.717, 1.165) is 11.3 Å². The van der Waals surface area contributed by atoms with Gasteiger partial charge in [0.1, 0.15) is 0 Å². The molecule has 0 saturated heterocycles. The number of thioether (sulfide) groups is 1. The van der Waals surface area contributed by atoms with E-state index in [1.54, 1.807) is 0 Å². The zero-order valence-corrected chi connectivity index (χ0v) is 8.96. The molecule has 0 radical (unpaired) electrons. The van der Waals surface area contributed by atoms with E-state index < -0.39 is 0 Å². The van der Waals surface area contributed by atoms with Crippen LogP contribution in [-0.2, 0) is 0 Å². The SMILES string of the molecule is CCSC1CCC(n2cccc2)C1. The van der Waals surface area contributed by atoms with Crippen LogP contribution >= 0.6 is 11.8 Å². The normalized spacial score (nSPS) is 28.1. The Kier molecular flexibility index (Phi) is 2.99. The highest BCUT2D eigenvalue weighted by Gasteiger charge is 2.24. The fraction of sp³-hybridized carbons (Fsp3) is 0.636. The van der Waals surface area contributed by atoms with Crippen LogP contribution in [0.4, 0.5) is 0 Å². The first kappa shape index (κ1) is 9.20. The van der Waals surface area contributed by atoms with Crippen molar-refractivity contribution in [3.63, 3.8) is 0 Å². The summed E-state index contributed by atoms with van der Waals surface area (Å²) in [6.07, 6.45) is 8.54. The molecule has 1 aromatic rings. The summed E-state index contributed by atoms with van der Waals surface area (Å²) >= 11 is 2.13. The van der Waals surface area contributed by atoms with Crippen LogP contribution in [0.1, 0.15) is 32.2 Å². The number of rotatable bonds is 3. The Hall–Kier alpha value is -0.370. The maximum Gasteiger partial charge on any atom is 0.0341 e. The van der Waals surface area contributed by atoms with E-state index in [4.69, 9.17) is 0 Å². The minimum atomic E-state index is 0.777. The summed E-state index contributed by atoms with van der Waals surface area (Å²) in [5.41, 5.74) is 0. The molecule has 0 N–H and O–H groups in total. The molecule has 1 nitrogen and oxygen atoms in total. The van der Waals surface area contributed by atoms with E-state index in [-0.39, 0.29) is 0 Å². The van der Waals surface area contributed by atoms with E-state index in [1.807, 2.05) is 0 Å². The van der Waals surface area contributed by atoms with Crippen molar-refractivity contribution in [2.75, 3.05) is 5.75 Å². The molecule has 0 bridgehead atoms. The van der Waals surface area contributed by atoms with Gasteiger partial charge >= 0.3 is 0 Å². The van der Waals surface area contributed by atoms with Gasteiger partial charge < -0.3 is 4.57 Å². The van der Waals surface area contributed by atoms with E-state index in [1.165, 1.54) is 25.0 Å². The zero-order valence-electron chi connectivity index (χ0n) is 8.15. The predicted octanol–water partition coefficient (Wildman–Crippen LogP) is 3.33. The van der Waals surface area contributed by atoms with Gasteiger partial charge in [0.25, 0.3) is 0 Å². The van der Waals surface area contributed by atoms with Crippen LogP contribution in [0.15, 0.2) is 24.5 Å². The molecule has 1 saturated carbocycles. The molecule has 0 aliphatic heterocycles. The number of hydrogen-bond donors (Lipinski definition) is 0. The minimum absolute atomic E-state index is 0.777. The lowest BCUT2D eigenvalue weighted by Gasteiger charge is -2.12. The summed E-state index contributed by atoms with van der Waals surface area (Å²) < 4.78 is 2.37. The highest BCUT2D eigenvalue weighted by Crippen LogP contribution is 2.36. The molecule has 1 aliphatic rings. The number of hydrogen-bond acceptors (Lipinski definition) is 1. The van der Waals surface area contributed by atoms with Gasteiger partial charge in [-0.1, -0.05) is 6.92 Å². The molecular formula is C11H17NS. The lowest BCUT2D eigenvalue weighted by molar-refractivity contribution is 0.522. The molecule has 1 fully saturated rings. The third kappa shape index (κ3) is 2.11. The second-order valence-corrected chi connectivity index (χ2v) is 5.25. The van der Waals surface area contributed by atoms with Crippen molar-refractivity contribution >= 4 is 11.8 Å². The van der Waals surface area contributed by atoms with Gasteiger partial charge in [-0.05, 0) is 37.1 Å². The van der Waals surface area contributed by atoms with Gasteiger partial charge in [-0.25, -0.2) is 0 Å². The Labute approximate surface area is 84.5 Å². The lowest BCUT2D eigenvalue weighted by atomic mass is 10.2. The minimum Gasteiger partial charge on any atom is -0.351 e. The first-order valence-corrected chi connectivity index (χ1v) is 6.19. The summed E-state index contributed by atoms with van der Waals surface area (Å²) in [6, 6.07) is 5.03. The summed E-state index contributed by atoms with van der Waals surface area (Å²) in [5, 5.41) is 0.914. The largest absolute Gasteiger partial charge is 0.351 e. The maximum atomic E-state index is 2.37. The Morgan fingerprint density at radius 2 is 2.08 bits per heavy atom. The summed E-state index contributed by atoms with van der Waals surface area (Å²) in [7, 11) is 0. The highest BCUT2D eigenvalue weighted by atomic mass is 32.2. The van der Waals surface area contributed by atoms with Gasteiger partial charge in [-0.3, -0.25) is 0 Å². The molecule has 2 heteroatoms. The molecule has 1 aromatic heterocycles. The summed E-state index contributed by atoms with van der Waals surface area (Å²) in [5.74, 6) is 1.27. The monoisotopic (exact) mass is 195 g/mol. The second kappa shape index (κ2) is 4.23. The van der Waals surface area contributed by atoms with Crippen LogP contribution in [0.25, 0.3) is 0 Å². The van der Waals surface area contributed by atoms with Crippen molar-refractivity contribution in [3.05, 3.63) is 24.5 Å². The quantitative estimate of drug-likeness (QED) is 0.716. The molecule has 1 heterocycles. The standard InChI is InChI=1S/C11H17NS/c1-2-13-11-6-5-10(9-11)12-7-3-4-8-12/h3-4,7-8,10-11H,2,5-6,9H2,1H3. The molecule has 13 heavy (non-hydrogen) atoms. The number of nitrogens with zero attached hydrogens (tertiary/aromatic N) is 1. The molecule has 2 rings (SSSR count). The summed E-state index contributed by atoms with van der Waals surface area (Å²) in [6.45, 7) is 2.26. The molecule has 2 unspecified atom stereocenters. The van der Waals surface area contributed by atoms with Gasteiger partial charge in [0.05, 0.1) is 0 Å². The van der Waals surface area contributed by atoms with E-state index >= 15 is 0 Å². The van der Waals surface area contributed by atoms with E-state index in [0.29, 0.717) is 0 Å². The van der Waals surface area contributed by atoms with Gasteiger partial charge in [-0.2, -0.15) is 11.8 Å². The lowest BCUT2D eigenvalue weighted by Crippen LogP contribution is -2.03. The average Bonchev–Trinajstić information content (AvgIpc) is 2.70. The fourth-order valence-corrected chi connectivity index (χ4v) is 3.30. The van der Waals surface area contributed by atoms with E-state index in [9.17, 15) is 0 Å². The van der Waals surface area contributed by atoms with Gasteiger partial charge in [0.15, 0.2) is 0 Å². The molecule has 0 aromatic carbocycles. The molecule has 1 aliphatic carbocycles. The Morgan fingerprint density at radius 1 is 1.31 bits per heavy atom. The highest BCUT2D eigenvalue weighted by molar-refractivity contribution is 7.99. The first-order valence-electron chi connectivity index (χ1n) is 5.14. The van der Waals surface area contributed by atoms with Crippen LogP contribution in [0.5, 0.6) is 0 Å². The third-order valence-electron chi connectivity index (χ3n) is 2.81. The van der Waals surface area contributed by atoms with Crippen LogP contribution < -0.4 is 0 Å². The van der Waals surface area contributed by atoms with Crippen LogP contribution in [0, 0.1) is 0 Å². The second-order valence-electron chi connectivity index (χ2n) is 3.67. The zero-order chi connectivity index (χ0) is 9.10. The maximum absolute atomic E-state index is 2.37. The summed E-state index contributed by atoms with van der Waals surface area (Å²) in [4.78, 5) is 0. The van der Waals surface area contributed by atoms with Crippen molar-refractivity contribution in [2.45, 2.75) is 37.5 Å². The van der Waals surface area contributed by atoms with Crippen molar-refractivity contribution in [3.8, 4) is 0 Å². The first-order chi connectivity index (χ1) is 6.40. The predicted molar refractivity (Wildman–Crippen MR) is 59.2 cm³/mol. The van der Waals surface area contributed by atoms with E-state index in [2.05, 4.69) is 47.8 Å². The molecule has 0 amide bonds. The van der Waals surface area contributed by atoms with Crippen molar-refractivity contribution in [1.82, 2.24) is 4.57 Å². The average molecular weight is 195 g/mol. The molecule has 0 spiro atoms. The van der Waals surface area contributed by atoms with Crippen molar-refractivity contribution in [1.29, 1.82) is 0 Å². The van der Waals surface area contributed by atoms with Crippen LogP contribution in [0.2, 0.25) is 0 Å². The van der Waals surface area contributed by atoms with Gasteiger partial charge in [-0.15, -0.1) is 0 Å². The Bertz CT molecular complexity index is 243. The van der Waals surface area contributed by atoms with Crippen LogP contribution in [-0.4, -0.2) is 15.6 Å². The molecule has 2 atom stereocenters. The fourth-order valence-electron chi connectivity index (χ4n) is 2.17. The smallest absolute Gasteiger partial charge is 0.0341 e. The Balaban J connectivity index is 1.91.